The maximum absolute atomic E-state index is 14.6. The zero-order chi connectivity index (χ0) is 26.7. The van der Waals surface area contributed by atoms with Crippen molar-refractivity contribution in [2.75, 3.05) is 11.4 Å². The van der Waals surface area contributed by atoms with Gasteiger partial charge in [0, 0.05) is 35.1 Å². The number of fused-ring (bicyclic) bond motifs is 3. The predicted octanol–water partition coefficient (Wildman–Crippen LogP) is 6.48. The van der Waals surface area contributed by atoms with E-state index >= 15 is 0 Å². The van der Waals surface area contributed by atoms with Crippen LogP contribution in [0.2, 0.25) is 0 Å². The summed E-state index contributed by atoms with van der Waals surface area (Å²) in [5, 5.41) is 8.45. The van der Waals surface area contributed by atoms with Gasteiger partial charge < -0.3 is 4.90 Å². The smallest absolute Gasteiger partial charge is 0.336 e. The van der Waals surface area contributed by atoms with Gasteiger partial charge in [0.25, 0.3) is 5.92 Å². The minimum atomic E-state index is -4.52. The molecule has 2 aliphatic heterocycles. The molecule has 0 N–H and O–H groups in total. The monoisotopic (exact) mass is 529 g/mol. The van der Waals surface area contributed by atoms with Crippen LogP contribution in [0, 0.1) is 5.82 Å². The number of rotatable bonds is 3. The molecule has 11 heteroatoms. The zero-order valence-electron chi connectivity index (χ0n) is 19.8. The predicted molar refractivity (Wildman–Crippen MR) is 128 cm³/mol. The Labute approximate surface area is 213 Å². The van der Waals surface area contributed by atoms with Gasteiger partial charge in [-0.15, -0.1) is 5.10 Å². The molecule has 38 heavy (non-hydrogen) atoms. The molecule has 1 aliphatic carbocycles. The number of hydrogen-bond donors (Lipinski definition) is 0. The van der Waals surface area contributed by atoms with E-state index in [9.17, 15) is 26.3 Å². The van der Waals surface area contributed by atoms with Gasteiger partial charge in [-0.1, -0.05) is 29.5 Å². The van der Waals surface area contributed by atoms with Gasteiger partial charge >= 0.3 is 6.18 Å². The van der Waals surface area contributed by atoms with Crippen LogP contribution in [0.1, 0.15) is 47.3 Å². The Morgan fingerprint density at radius 1 is 1.11 bits per heavy atom. The van der Waals surface area contributed by atoms with Crippen LogP contribution in [0.25, 0.3) is 5.57 Å². The Kier molecular flexibility index (Phi) is 5.69. The van der Waals surface area contributed by atoms with E-state index in [0.717, 1.165) is 23.9 Å². The average Bonchev–Trinajstić information content (AvgIpc) is 3.46. The maximum Gasteiger partial charge on any atom is 0.433 e. The number of benzene rings is 1. The second kappa shape index (κ2) is 8.85. The van der Waals surface area contributed by atoms with E-state index in [1.807, 2.05) is 6.08 Å². The molecule has 0 saturated heterocycles. The van der Waals surface area contributed by atoms with Crippen molar-refractivity contribution in [3.05, 3.63) is 101 Å². The molecule has 1 aromatic carbocycles. The standard InChI is InChI=1S/C27H21F6N5/c28-20-2-1-3-22-19(20)8-9-23(24-13-26(29,30)15-37(22)24)38-14-21(35-36-38)17-6-4-16(5-7-17)18-10-11-34-25(12-18)27(31,32)33/h1-4,6-7,10-14,16,23H,5,8-9,15H2. The molecular formula is C27H21F6N5. The number of anilines is 1. The van der Waals surface area contributed by atoms with Gasteiger partial charge in [-0.05, 0) is 54.7 Å². The Hall–Kier alpha value is -3.89. The quantitative estimate of drug-likeness (QED) is 0.364. The second-order valence-corrected chi connectivity index (χ2v) is 9.63. The minimum Gasteiger partial charge on any atom is -0.336 e. The fourth-order valence-corrected chi connectivity index (χ4v) is 5.34. The summed E-state index contributed by atoms with van der Waals surface area (Å²) in [6.45, 7) is -0.572. The van der Waals surface area contributed by atoms with E-state index in [4.69, 9.17) is 0 Å². The average molecular weight is 529 g/mol. The number of hydrogen-bond acceptors (Lipinski definition) is 4. The van der Waals surface area contributed by atoms with Crippen molar-refractivity contribution in [2.45, 2.75) is 43.3 Å². The number of nitrogens with zero attached hydrogens (tertiary/aromatic N) is 5. The van der Waals surface area contributed by atoms with Gasteiger partial charge in [-0.3, -0.25) is 4.98 Å². The van der Waals surface area contributed by atoms with Crippen molar-refractivity contribution in [3.63, 3.8) is 0 Å². The summed E-state index contributed by atoms with van der Waals surface area (Å²) >= 11 is 0. The molecule has 2 atom stereocenters. The molecule has 4 heterocycles. The van der Waals surface area contributed by atoms with Crippen LogP contribution in [-0.2, 0) is 12.6 Å². The summed E-state index contributed by atoms with van der Waals surface area (Å²) in [4.78, 5) is 4.87. The molecule has 0 spiro atoms. The molecule has 0 amide bonds. The van der Waals surface area contributed by atoms with Gasteiger partial charge in [-0.2, -0.15) is 22.0 Å². The van der Waals surface area contributed by atoms with Crippen LogP contribution in [0.4, 0.5) is 32.0 Å². The maximum atomic E-state index is 14.6. The summed E-state index contributed by atoms with van der Waals surface area (Å²) in [6, 6.07) is 6.53. The van der Waals surface area contributed by atoms with Gasteiger partial charge in [0.1, 0.15) is 17.2 Å². The lowest BCUT2D eigenvalue weighted by atomic mass is 9.89. The molecule has 5 nitrogen and oxygen atoms in total. The Morgan fingerprint density at radius 2 is 1.95 bits per heavy atom. The summed E-state index contributed by atoms with van der Waals surface area (Å²) < 4.78 is 84.2. The first-order chi connectivity index (χ1) is 18.1. The van der Waals surface area contributed by atoms with Gasteiger partial charge in [0.15, 0.2) is 0 Å². The Morgan fingerprint density at radius 3 is 2.71 bits per heavy atom. The van der Waals surface area contributed by atoms with Gasteiger partial charge in [0.05, 0.1) is 18.8 Å². The minimum absolute atomic E-state index is 0.257. The highest BCUT2D eigenvalue weighted by atomic mass is 19.4. The molecule has 2 unspecified atom stereocenters. The summed E-state index contributed by atoms with van der Waals surface area (Å²) in [6.07, 6.45) is 5.80. The van der Waals surface area contributed by atoms with Gasteiger partial charge in [0.2, 0.25) is 0 Å². The SMILES string of the molecule is Fc1cccc2c1CCC(n1cc(C3=CCC(c4ccnc(C(F)(F)F)c4)C=C3)nn1)C1=CC(F)(F)CN12. The first-order valence-electron chi connectivity index (χ1n) is 12.1. The zero-order valence-corrected chi connectivity index (χ0v) is 19.8. The van der Waals surface area contributed by atoms with Crippen LogP contribution in [0.5, 0.6) is 0 Å². The van der Waals surface area contributed by atoms with E-state index < -0.39 is 36.2 Å². The molecule has 0 bridgehead atoms. The van der Waals surface area contributed by atoms with E-state index in [0.29, 0.717) is 47.5 Å². The van der Waals surface area contributed by atoms with Gasteiger partial charge in [-0.25, -0.2) is 9.07 Å². The summed E-state index contributed by atoms with van der Waals surface area (Å²) in [7, 11) is 0. The number of alkyl halides is 5. The van der Waals surface area contributed by atoms with Crippen LogP contribution >= 0.6 is 0 Å². The number of halogens is 6. The first-order valence-corrected chi connectivity index (χ1v) is 12.1. The fraction of sp³-hybridized carbons (Fsp3) is 0.296. The molecule has 3 aromatic rings. The van der Waals surface area contributed by atoms with Crippen molar-refractivity contribution in [1.82, 2.24) is 20.0 Å². The molecule has 196 valence electrons. The Bertz CT molecular complexity index is 1490. The third-order valence-corrected chi connectivity index (χ3v) is 7.16. The van der Waals surface area contributed by atoms with Crippen molar-refractivity contribution in [3.8, 4) is 0 Å². The molecule has 0 saturated carbocycles. The fourth-order valence-electron chi connectivity index (χ4n) is 5.34. The van der Waals surface area contributed by atoms with E-state index in [1.54, 1.807) is 30.5 Å². The lowest BCUT2D eigenvalue weighted by Crippen LogP contribution is -2.29. The lowest BCUT2D eigenvalue weighted by Gasteiger charge is -2.26. The van der Waals surface area contributed by atoms with E-state index in [2.05, 4.69) is 15.3 Å². The second-order valence-electron chi connectivity index (χ2n) is 9.63. The van der Waals surface area contributed by atoms with Crippen molar-refractivity contribution >= 4 is 11.3 Å². The third kappa shape index (κ3) is 4.39. The van der Waals surface area contributed by atoms with Crippen molar-refractivity contribution in [1.29, 1.82) is 0 Å². The molecule has 3 aliphatic rings. The Balaban J connectivity index is 1.25. The number of aromatic nitrogens is 4. The summed E-state index contributed by atoms with van der Waals surface area (Å²) in [5.41, 5.74) is 1.98. The highest BCUT2D eigenvalue weighted by Gasteiger charge is 2.44. The first kappa shape index (κ1) is 24.4. The topological polar surface area (TPSA) is 46.8 Å². The van der Waals surface area contributed by atoms with Crippen LogP contribution in [0.3, 0.4) is 0 Å². The number of pyridine rings is 1. The van der Waals surface area contributed by atoms with Crippen LogP contribution in [0.15, 0.2) is 72.7 Å². The molecule has 0 radical (unpaired) electrons. The molecule has 6 rings (SSSR count). The number of allylic oxidation sites excluding steroid dienone is 5. The van der Waals surface area contributed by atoms with Crippen molar-refractivity contribution < 1.29 is 26.3 Å². The van der Waals surface area contributed by atoms with Crippen LogP contribution in [-0.4, -0.2) is 32.4 Å². The van der Waals surface area contributed by atoms with E-state index in [-0.39, 0.29) is 5.92 Å². The van der Waals surface area contributed by atoms with Crippen LogP contribution < -0.4 is 4.90 Å². The highest BCUT2D eigenvalue weighted by Crippen LogP contribution is 2.44. The molecule has 0 fully saturated rings. The largest absolute Gasteiger partial charge is 0.433 e. The molecular weight excluding hydrogens is 508 g/mol. The highest BCUT2D eigenvalue weighted by molar-refractivity contribution is 5.72. The normalized spacial score (nSPS) is 22.4. The van der Waals surface area contributed by atoms with Crippen molar-refractivity contribution in [2.24, 2.45) is 0 Å². The third-order valence-electron chi connectivity index (χ3n) is 7.16. The van der Waals surface area contributed by atoms with E-state index in [1.165, 1.54) is 21.7 Å². The lowest BCUT2D eigenvalue weighted by molar-refractivity contribution is -0.141. The summed E-state index contributed by atoms with van der Waals surface area (Å²) in [5.74, 6) is -3.76. The molecule has 2 aromatic heterocycles.